The number of benzene rings is 1. The summed E-state index contributed by atoms with van der Waals surface area (Å²) in [6.07, 6.45) is 0. The first kappa shape index (κ1) is 13.5. The van der Waals surface area contributed by atoms with Crippen LogP contribution in [0.2, 0.25) is 0 Å². The molecule has 0 fully saturated rings. The van der Waals surface area contributed by atoms with Gasteiger partial charge in [-0.25, -0.2) is 0 Å². The summed E-state index contributed by atoms with van der Waals surface area (Å²) < 4.78 is 0. The van der Waals surface area contributed by atoms with Crippen molar-refractivity contribution in [3.05, 3.63) is 29.8 Å². The molecule has 1 unspecified atom stereocenters. The first-order valence-corrected chi connectivity index (χ1v) is 5.59. The average molecular weight is 236 g/mol. The second-order valence-electron chi connectivity index (χ2n) is 4.58. The second kappa shape index (κ2) is 5.19. The molecule has 1 atom stereocenters. The molecule has 1 aromatic carbocycles. The van der Waals surface area contributed by atoms with E-state index < -0.39 is 11.5 Å². The third-order valence-electron chi connectivity index (χ3n) is 3.05. The van der Waals surface area contributed by atoms with E-state index in [4.69, 9.17) is 0 Å². The molecule has 0 saturated carbocycles. The van der Waals surface area contributed by atoms with Crippen molar-refractivity contribution >= 4 is 11.7 Å². The van der Waals surface area contributed by atoms with Gasteiger partial charge in [0.05, 0.1) is 0 Å². The van der Waals surface area contributed by atoms with Crippen molar-refractivity contribution in [2.75, 3.05) is 25.5 Å². The Hall–Kier alpha value is -1.55. The summed E-state index contributed by atoms with van der Waals surface area (Å²) >= 11 is 0. The van der Waals surface area contributed by atoms with Gasteiger partial charge in [-0.2, -0.15) is 0 Å². The number of likely N-dealkylation sites (N-methyl/N-ethyl adjacent to an activating group) is 2. The Morgan fingerprint density at radius 2 is 1.94 bits per heavy atom. The Kier molecular flexibility index (Phi) is 4.12. The van der Waals surface area contributed by atoms with Crippen LogP contribution in [0, 0.1) is 6.92 Å². The van der Waals surface area contributed by atoms with Crippen molar-refractivity contribution in [3.63, 3.8) is 0 Å². The number of carboxylic acids is 1. The lowest BCUT2D eigenvalue weighted by Crippen LogP contribution is -2.55. The van der Waals surface area contributed by atoms with E-state index in [-0.39, 0.29) is 0 Å². The predicted octanol–water partition coefficient (Wildman–Crippen LogP) is 1.49. The zero-order valence-corrected chi connectivity index (χ0v) is 10.8. The Morgan fingerprint density at radius 1 is 1.41 bits per heavy atom. The van der Waals surface area contributed by atoms with Gasteiger partial charge in [-0.05, 0) is 33.0 Å². The third kappa shape index (κ3) is 3.20. The smallest absolute Gasteiger partial charge is 0.325 e. The van der Waals surface area contributed by atoms with Crippen LogP contribution in [0.5, 0.6) is 0 Å². The fraction of sp³-hybridized carbons (Fsp3) is 0.462. The first-order valence-electron chi connectivity index (χ1n) is 5.59. The Bertz CT molecular complexity index is 389. The number of aryl methyl sites for hydroxylation is 1. The lowest BCUT2D eigenvalue weighted by atomic mass is 10.0. The highest BCUT2D eigenvalue weighted by Gasteiger charge is 2.32. The van der Waals surface area contributed by atoms with Crippen molar-refractivity contribution in [1.82, 2.24) is 5.32 Å². The Labute approximate surface area is 102 Å². The number of anilines is 1. The van der Waals surface area contributed by atoms with Gasteiger partial charge in [-0.1, -0.05) is 17.7 Å². The minimum Gasteiger partial charge on any atom is -0.480 e. The molecule has 94 valence electrons. The van der Waals surface area contributed by atoms with Gasteiger partial charge in [0, 0.05) is 19.3 Å². The van der Waals surface area contributed by atoms with Gasteiger partial charge in [0.15, 0.2) is 0 Å². The number of hydrogen-bond acceptors (Lipinski definition) is 3. The summed E-state index contributed by atoms with van der Waals surface area (Å²) in [6.45, 7) is 4.11. The molecular weight excluding hydrogens is 216 g/mol. The van der Waals surface area contributed by atoms with Crippen LogP contribution in [0.4, 0.5) is 5.69 Å². The zero-order valence-electron chi connectivity index (χ0n) is 10.8. The summed E-state index contributed by atoms with van der Waals surface area (Å²) in [5.74, 6) is -0.848. The normalized spacial score (nSPS) is 14.1. The molecule has 1 rings (SSSR count). The molecule has 17 heavy (non-hydrogen) atoms. The van der Waals surface area contributed by atoms with Gasteiger partial charge in [-0.3, -0.25) is 4.79 Å². The van der Waals surface area contributed by atoms with Crippen molar-refractivity contribution in [2.45, 2.75) is 19.4 Å². The predicted molar refractivity (Wildman–Crippen MR) is 69.5 cm³/mol. The second-order valence-corrected chi connectivity index (χ2v) is 4.58. The SMILES string of the molecule is CNC(C)(CN(C)c1ccc(C)cc1)C(=O)O. The summed E-state index contributed by atoms with van der Waals surface area (Å²) in [4.78, 5) is 13.1. The standard InChI is InChI=1S/C13H20N2O2/c1-10-5-7-11(8-6-10)15(4)9-13(2,14-3)12(16)17/h5-8,14H,9H2,1-4H3,(H,16,17). The van der Waals surface area contributed by atoms with E-state index in [1.54, 1.807) is 14.0 Å². The quantitative estimate of drug-likeness (QED) is 0.813. The maximum Gasteiger partial charge on any atom is 0.325 e. The molecule has 1 aromatic rings. The molecule has 4 nitrogen and oxygen atoms in total. The maximum atomic E-state index is 11.2. The van der Waals surface area contributed by atoms with Gasteiger partial charge in [0.1, 0.15) is 5.54 Å². The summed E-state index contributed by atoms with van der Waals surface area (Å²) in [6, 6.07) is 8.02. The minimum absolute atomic E-state index is 0.405. The monoisotopic (exact) mass is 236 g/mol. The van der Waals surface area contributed by atoms with Crippen molar-refractivity contribution in [1.29, 1.82) is 0 Å². The van der Waals surface area contributed by atoms with Crippen molar-refractivity contribution < 1.29 is 9.90 Å². The number of aliphatic carboxylic acids is 1. The molecule has 0 saturated heterocycles. The number of carboxylic acid groups (broad SMARTS) is 1. The van der Waals surface area contributed by atoms with E-state index in [2.05, 4.69) is 5.32 Å². The molecule has 0 heterocycles. The van der Waals surface area contributed by atoms with E-state index in [0.717, 1.165) is 5.69 Å². The molecule has 0 aliphatic heterocycles. The van der Waals surface area contributed by atoms with Crippen LogP contribution in [0.25, 0.3) is 0 Å². The first-order chi connectivity index (χ1) is 7.89. The molecular formula is C13H20N2O2. The average Bonchev–Trinajstić information content (AvgIpc) is 2.29. The molecule has 0 aromatic heterocycles. The number of carbonyl (C=O) groups is 1. The number of nitrogens with one attached hydrogen (secondary N) is 1. The number of hydrogen-bond donors (Lipinski definition) is 2. The Balaban J connectivity index is 2.81. The van der Waals surface area contributed by atoms with E-state index >= 15 is 0 Å². The third-order valence-corrected chi connectivity index (χ3v) is 3.05. The fourth-order valence-corrected chi connectivity index (χ4v) is 1.62. The van der Waals surface area contributed by atoms with E-state index in [9.17, 15) is 9.90 Å². The minimum atomic E-state index is -0.945. The van der Waals surface area contributed by atoms with Crippen LogP contribution in [-0.4, -0.2) is 37.3 Å². The van der Waals surface area contributed by atoms with E-state index in [0.29, 0.717) is 6.54 Å². The van der Waals surface area contributed by atoms with Gasteiger partial charge in [0.2, 0.25) is 0 Å². The molecule has 0 bridgehead atoms. The molecule has 0 aliphatic carbocycles. The van der Waals surface area contributed by atoms with Gasteiger partial charge in [-0.15, -0.1) is 0 Å². The number of nitrogens with zero attached hydrogens (tertiary/aromatic N) is 1. The maximum absolute atomic E-state index is 11.2. The fourth-order valence-electron chi connectivity index (χ4n) is 1.62. The molecule has 0 aliphatic rings. The highest BCUT2D eigenvalue weighted by Crippen LogP contribution is 2.16. The molecule has 0 spiro atoms. The van der Waals surface area contributed by atoms with Gasteiger partial charge < -0.3 is 15.3 Å². The van der Waals surface area contributed by atoms with Crippen LogP contribution in [0.15, 0.2) is 24.3 Å². The van der Waals surface area contributed by atoms with Crippen LogP contribution in [0.1, 0.15) is 12.5 Å². The zero-order chi connectivity index (χ0) is 13.1. The van der Waals surface area contributed by atoms with E-state index in [1.807, 2.05) is 43.1 Å². The molecule has 4 heteroatoms. The lowest BCUT2D eigenvalue weighted by molar-refractivity contribution is -0.143. The number of rotatable bonds is 5. The van der Waals surface area contributed by atoms with Crippen molar-refractivity contribution in [2.24, 2.45) is 0 Å². The summed E-state index contributed by atoms with van der Waals surface area (Å²) in [5, 5.41) is 12.0. The van der Waals surface area contributed by atoms with E-state index in [1.165, 1.54) is 5.56 Å². The van der Waals surface area contributed by atoms with Crippen LogP contribution < -0.4 is 10.2 Å². The van der Waals surface area contributed by atoms with Gasteiger partial charge in [0.25, 0.3) is 0 Å². The highest BCUT2D eigenvalue weighted by atomic mass is 16.4. The molecule has 2 N–H and O–H groups in total. The summed E-state index contributed by atoms with van der Waals surface area (Å²) in [7, 11) is 3.56. The topological polar surface area (TPSA) is 52.6 Å². The summed E-state index contributed by atoms with van der Waals surface area (Å²) in [5.41, 5.74) is 1.26. The van der Waals surface area contributed by atoms with Crippen LogP contribution in [0.3, 0.4) is 0 Å². The lowest BCUT2D eigenvalue weighted by Gasteiger charge is -2.31. The van der Waals surface area contributed by atoms with Crippen LogP contribution >= 0.6 is 0 Å². The van der Waals surface area contributed by atoms with Gasteiger partial charge >= 0.3 is 5.97 Å². The largest absolute Gasteiger partial charge is 0.480 e. The highest BCUT2D eigenvalue weighted by molar-refractivity contribution is 5.79. The Morgan fingerprint density at radius 3 is 2.35 bits per heavy atom. The van der Waals surface area contributed by atoms with Crippen LogP contribution in [-0.2, 0) is 4.79 Å². The molecule has 0 radical (unpaired) electrons. The van der Waals surface area contributed by atoms with Crippen molar-refractivity contribution in [3.8, 4) is 0 Å². The molecule has 0 amide bonds.